The number of fused-ring (bicyclic) bond motifs is 1. The van der Waals surface area contributed by atoms with Crippen molar-refractivity contribution in [2.75, 3.05) is 23.8 Å². The van der Waals surface area contributed by atoms with Crippen molar-refractivity contribution in [1.82, 2.24) is 14.6 Å². The van der Waals surface area contributed by atoms with Crippen molar-refractivity contribution < 1.29 is 15.3 Å². The molecule has 0 amide bonds. The number of rotatable bonds is 9. The molecule has 3 aromatic rings. The second-order valence-electron chi connectivity index (χ2n) is 7.04. The third-order valence-corrected chi connectivity index (χ3v) is 4.62. The standard InChI is InChI=1S/C20H27N5O3/c1-13(2)15-10-22-25-19(21-9-14-6-4-3-5-7-14)8-18(24-20(15)25)23-16(11-26)17(28)12-27/h3-8,10,13,16-17,21,26-28H,9,11-12H2,1-2H3,(H,23,24)/t16-,17-/m0/s1. The summed E-state index contributed by atoms with van der Waals surface area (Å²) >= 11 is 0. The van der Waals surface area contributed by atoms with E-state index < -0.39 is 18.8 Å². The number of benzene rings is 1. The second-order valence-corrected chi connectivity index (χ2v) is 7.04. The van der Waals surface area contributed by atoms with Crippen LogP contribution in [0, 0.1) is 0 Å². The van der Waals surface area contributed by atoms with Gasteiger partial charge in [0.05, 0.1) is 31.6 Å². The number of nitrogens with zero attached hydrogens (tertiary/aromatic N) is 3. The van der Waals surface area contributed by atoms with Crippen LogP contribution in [0.5, 0.6) is 0 Å². The van der Waals surface area contributed by atoms with Gasteiger partial charge in [-0.25, -0.2) is 4.98 Å². The van der Waals surface area contributed by atoms with Crippen LogP contribution in [-0.2, 0) is 6.54 Å². The summed E-state index contributed by atoms with van der Waals surface area (Å²) in [5, 5.41) is 39.5. The Hall–Kier alpha value is -2.68. The van der Waals surface area contributed by atoms with E-state index in [4.69, 9.17) is 0 Å². The normalized spacial score (nSPS) is 13.6. The maximum Gasteiger partial charge on any atom is 0.163 e. The van der Waals surface area contributed by atoms with E-state index in [1.165, 1.54) is 0 Å². The van der Waals surface area contributed by atoms with Gasteiger partial charge in [0.15, 0.2) is 5.65 Å². The van der Waals surface area contributed by atoms with Crippen molar-refractivity contribution in [3.05, 3.63) is 53.7 Å². The van der Waals surface area contributed by atoms with E-state index in [-0.39, 0.29) is 12.5 Å². The third kappa shape index (κ3) is 4.41. The third-order valence-electron chi connectivity index (χ3n) is 4.62. The van der Waals surface area contributed by atoms with Gasteiger partial charge in [-0.15, -0.1) is 0 Å². The first-order valence-electron chi connectivity index (χ1n) is 9.36. The highest BCUT2D eigenvalue weighted by Crippen LogP contribution is 2.24. The lowest BCUT2D eigenvalue weighted by Gasteiger charge is -2.22. The molecular formula is C20H27N5O3. The minimum Gasteiger partial charge on any atom is -0.394 e. The van der Waals surface area contributed by atoms with E-state index >= 15 is 0 Å². The van der Waals surface area contributed by atoms with Gasteiger partial charge in [0.25, 0.3) is 0 Å². The van der Waals surface area contributed by atoms with Crippen LogP contribution in [-0.4, -0.2) is 55.3 Å². The van der Waals surface area contributed by atoms with Crippen LogP contribution >= 0.6 is 0 Å². The quantitative estimate of drug-likeness (QED) is 0.380. The summed E-state index contributed by atoms with van der Waals surface area (Å²) in [5.74, 6) is 1.45. The van der Waals surface area contributed by atoms with Crippen LogP contribution < -0.4 is 10.6 Å². The van der Waals surface area contributed by atoms with Crippen LogP contribution in [0.2, 0.25) is 0 Å². The van der Waals surface area contributed by atoms with Crippen molar-refractivity contribution >= 4 is 17.3 Å². The van der Waals surface area contributed by atoms with Gasteiger partial charge >= 0.3 is 0 Å². The molecule has 0 radical (unpaired) electrons. The molecule has 28 heavy (non-hydrogen) atoms. The molecular weight excluding hydrogens is 358 g/mol. The molecule has 1 aromatic carbocycles. The number of hydrogen-bond acceptors (Lipinski definition) is 7. The SMILES string of the molecule is CC(C)c1cnn2c(NCc3ccccc3)cc(N[C@@H](CO)[C@@H](O)CO)nc12. The summed E-state index contributed by atoms with van der Waals surface area (Å²) in [7, 11) is 0. The van der Waals surface area contributed by atoms with Gasteiger partial charge in [-0.1, -0.05) is 44.2 Å². The molecule has 0 saturated carbocycles. The van der Waals surface area contributed by atoms with E-state index in [2.05, 4.69) is 34.6 Å². The zero-order valence-electron chi connectivity index (χ0n) is 16.1. The summed E-state index contributed by atoms with van der Waals surface area (Å²) in [6, 6.07) is 11.1. The van der Waals surface area contributed by atoms with Crippen LogP contribution in [0.25, 0.3) is 5.65 Å². The van der Waals surface area contributed by atoms with Gasteiger partial charge in [-0.2, -0.15) is 9.61 Å². The highest BCUT2D eigenvalue weighted by Gasteiger charge is 2.20. The number of nitrogens with one attached hydrogen (secondary N) is 2. The van der Waals surface area contributed by atoms with E-state index in [0.29, 0.717) is 18.0 Å². The maximum atomic E-state index is 9.88. The van der Waals surface area contributed by atoms with Gasteiger partial charge in [0.1, 0.15) is 11.6 Å². The predicted molar refractivity (Wildman–Crippen MR) is 108 cm³/mol. The Kier molecular flexibility index (Phi) is 6.45. The smallest absolute Gasteiger partial charge is 0.163 e. The topological polar surface area (TPSA) is 115 Å². The Morgan fingerprint density at radius 3 is 2.50 bits per heavy atom. The number of hydrogen-bond donors (Lipinski definition) is 5. The van der Waals surface area contributed by atoms with Crippen LogP contribution in [0.1, 0.15) is 30.9 Å². The van der Waals surface area contributed by atoms with E-state index in [1.54, 1.807) is 16.8 Å². The number of aromatic nitrogens is 3. The molecule has 2 aromatic heterocycles. The Labute approximate surface area is 163 Å². The van der Waals surface area contributed by atoms with Gasteiger partial charge < -0.3 is 26.0 Å². The Bertz CT molecular complexity index is 897. The van der Waals surface area contributed by atoms with Crippen LogP contribution in [0.3, 0.4) is 0 Å². The monoisotopic (exact) mass is 385 g/mol. The number of anilines is 2. The molecule has 2 heterocycles. The van der Waals surface area contributed by atoms with Gasteiger partial charge in [0, 0.05) is 18.2 Å². The average molecular weight is 385 g/mol. The first kappa shape index (κ1) is 20.1. The molecule has 8 heteroatoms. The average Bonchev–Trinajstić information content (AvgIpc) is 3.14. The van der Waals surface area contributed by atoms with Gasteiger partial charge in [-0.3, -0.25) is 0 Å². The molecule has 0 bridgehead atoms. The lowest BCUT2D eigenvalue weighted by molar-refractivity contribution is 0.0612. The molecule has 0 aliphatic carbocycles. The van der Waals surface area contributed by atoms with Gasteiger partial charge in [0.2, 0.25) is 0 Å². The fourth-order valence-corrected chi connectivity index (χ4v) is 2.96. The number of aliphatic hydroxyl groups is 3. The fraction of sp³-hybridized carbons (Fsp3) is 0.400. The Balaban J connectivity index is 1.95. The van der Waals surface area contributed by atoms with Crippen molar-refractivity contribution in [2.24, 2.45) is 0 Å². The lowest BCUT2D eigenvalue weighted by atomic mass is 10.1. The highest BCUT2D eigenvalue weighted by atomic mass is 16.3. The molecule has 0 fully saturated rings. The summed E-state index contributed by atoms with van der Waals surface area (Å²) in [6.45, 7) is 3.96. The molecule has 150 valence electrons. The van der Waals surface area contributed by atoms with Crippen molar-refractivity contribution in [3.63, 3.8) is 0 Å². The van der Waals surface area contributed by atoms with Crippen molar-refractivity contribution in [3.8, 4) is 0 Å². The van der Waals surface area contributed by atoms with E-state index in [1.807, 2.05) is 30.3 Å². The van der Waals surface area contributed by atoms with Crippen molar-refractivity contribution in [2.45, 2.75) is 38.5 Å². The molecule has 5 N–H and O–H groups in total. The summed E-state index contributed by atoms with van der Waals surface area (Å²) in [4.78, 5) is 4.62. The first-order chi connectivity index (χ1) is 13.5. The molecule has 0 spiro atoms. The summed E-state index contributed by atoms with van der Waals surface area (Å²) in [5.41, 5.74) is 2.82. The minimum absolute atomic E-state index is 0.235. The second kappa shape index (κ2) is 9.01. The molecule has 2 atom stereocenters. The van der Waals surface area contributed by atoms with E-state index in [9.17, 15) is 15.3 Å². The largest absolute Gasteiger partial charge is 0.394 e. The zero-order chi connectivity index (χ0) is 20.1. The lowest BCUT2D eigenvalue weighted by Crippen LogP contribution is -2.39. The first-order valence-corrected chi connectivity index (χ1v) is 9.36. The molecule has 0 unspecified atom stereocenters. The van der Waals surface area contributed by atoms with E-state index in [0.717, 1.165) is 16.9 Å². The fourth-order valence-electron chi connectivity index (χ4n) is 2.96. The minimum atomic E-state index is -1.10. The summed E-state index contributed by atoms with van der Waals surface area (Å²) < 4.78 is 1.75. The zero-order valence-corrected chi connectivity index (χ0v) is 16.1. The van der Waals surface area contributed by atoms with Gasteiger partial charge in [-0.05, 0) is 11.5 Å². The predicted octanol–water partition coefficient (Wildman–Crippen LogP) is 1.59. The molecule has 3 rings (SSSR count). The highest BCUT2D eigenvalue weighted by molar-refractivity contribution is 5.61. The van der Waals surface area contributed by atoms with Crippen LogP contribution in [0.15, 0.2) is 42.6 Å². The maximum absolute atomic E-state index is 9.88. The molecule has 0 aliphatic heterocycles. The molecule has 0 aliphatic rings. The number of aliphatic hydroxyl groups excluding tert-OH is 3. The Morgan fingerprint density at radius 1 is 1.11 bits per heavy atom. The van der Waals surface area contributed by atoms with Crippen LogP contribution in [0.4, 0.5) is 11.6 Å². The van der Waals surface area contributed by atoms with Crippen molar-refractivity contribution in [1.29, 1.82) is 0 Å². The Morgan fingerprint density at radius 2 is 1.86 bits per heavy atom. The molecule has 8 nitrogen and oxygen atoms in total. The molecule has 0 saturated heterocycles. The summed E-state index contributed by atoms with van der Waals surface area (Å²) in [6.07, 6.45) is 0.703.